The van der Waals surface area contributed by atoms with Gasteiger partial charge < -0.3 is 10.4 Å². The Morgan fingerprint density at radius 2 is 2.06 bits per heavy atom. The van der Waals surface area contributed by atoms with Crippen molar-refractivity contribution in [2.45, 2.75) is 31.7 Å². The summed E-state index contributed by atoms with van der Waals surface area (Å²) in [6.07, 6.45) is 2.54. The van der Waals surface area contributed by atoms with E-state index in [2.05, 4.69) is 21.2 Å². The minimum absolute atomic E-state index is 0.00371. The van der Waals surface area contributed by atoms with Crippen LogP contribution < -0.4 is 5.32 Å². The summed E-state index contributed by atoms with van der Waals surface area (Å²) in [4.78, 5) is 12.0. The second kappa shape index (κ2) is 5.41. The van der Waals surface area contributed by atoms with Crippen LogP contribution in [0.4, 0.5) is 0 Å². The first-order valence-electron chi connectivity index (χ1n) is 6.20. The zero-order chi connectivity index (χ0) is 13.2. The second-order valence-electron chi connectivity index (χ2n) is 5.20. The molecule has 0 radical (unpaired) electrons. The first-order chi connectivity index (χ1) is 8.53. The van der Waals surface area contributed by atoms with Crippen LogP contribution in [0.2, 0.25) is 0 Å². The molecule has 1 aromatic carbocycles. The molecule has 0 aromatic heterocycles. The number of aliphatic hydroxyl groups excluding tert-OH is 1. The number of carbonyl (C=O) groups excluding carboxylic acids is 1. The second-order valence-corrected chi connectivity index (χ2v) is 6.12. The molecule has 0 heterocycles. The average molecular weight is 312 g/mol. The van der Waals surface area contributed by atoms with Crippen molar-refractivity contribution in [3.8, 4) is 0 Å². The van der Waals surface area contributed by atoms with E-state index < -0.39 is 5.54 Å². The van der Waals surface area contributed by atoms with Crippen LogP contribution in [0.15, 0.2) is 28.7 Å². The monoisotopic (exact) mass is 311 g/mol. The van der Waals surface area contributed by atoms with Crippen molar-refractivity contribution in [2.24, 2.45) is 5.92 Å². The van der Waals surface area contributed by atoms with Crippen molar-refractivity contribution < 1.29 is 9.90 Å². The van der Waals surface area contributed by atoms with E-state index in [1.165, 1.54) is 0 Å². The van der Waals surface area contributed by atoms with Gasteiger partial charge in [-0.25, -0.2) is 0 Å². The molecule has 2 N–H and O–H groups in total. The topological polar surface area (TPSA) is 49.3 Å². The number of nitrogens with one attached hydrogen (secondary N) is 1. The quantitative estimate of drug-likeness (QED) is 0.876. The molecule has 1 unspecified atom stereocenters. The van der Waals surface area contributed by atoms with Gasteiger partial charge in [0.15, 0.2) is 0 Å². The van der Waals surface area contributed by atoms with Crippen molar-refractivity contribution in [3.05, 3.63) is 34.3 Å². The number of aliphatic hydroxyl groups is 1. The fourth-order valence-corrected chi connectivity index (χ4v) is 2.41. The summed E-state index contributed by atoms with van der Waals surface area (Å²) < 4.78 is 1.00. The van der Waals surface area contributed by atoms with Crippen LogP contribution >= 0.6 is 15.9 Å². The fourth-order valence-electron chi connectivity index (χ4n) is 2.14. The molecular weight excluding hydrogens is 294 g/mol. The van der Waals surface area contributed by atoms with Gasteiger partial charge in [-0.2, -0.15) is 0 Å². The van der Waals surface area contributed by atoms with Crippen LogP contribution in [0, 0.1) is 5.92 Å². The number of halogens is 1. The Balaban J connectivity index is 1.93. The molecule has 0 aliphatic heterocycles. The zero-order valence-corrected chi connectivity index (χ0v) is 12.0. The minimum Gasteiger partial charge on any atom is -0.394 e. The molecule has 1 aliphatic rings. The summed E-state index contributed by atoms with van der Waals surface area (Å²) in [6.45, 7) is 1.92. The number of benzene rings is 1. The van der Waals surface area contributed by atoms with Crippen LogP contribution in [0.5, 0.6) is 0 Å². The molecule has 1 amide bonds. The van der Waals surface area contributed by atoms with Crippen LogP contribution in [0.25, 0.3) is 0 Å². The summed E-state index contributed by atoms with van der Waals surface area (Å²) in [6, 6.07) is 7.71. The number of amides is 1. The van der Waals surface area contributed by atoms with Crippen LogP contribution in [0.1, 0.15) is 25.3 Å². The Kier molecular flexibility index (Phi) is 4.07. The molecule has 3 nitrogen and oxygen atoms in total. The molecule has 2 rings (SSSR count). The van der Waals surface area contributed by atoms with Crippen LogP contribution in [-0.4, -0.2) is 23.2 Å². The largest absolute Gasteiger partial charge is 0.394 e. The fraction of sp³-hybridized carbons (Fsp3) is 0.500. The van der Waals surface area contributed by atoms with Gasteiger partial charge in [-0.05, 0) is 43.4 Å². The van der Waals surface area contributed by atoms with Crippen molar-refractivity contribution in [1.82, 2.24) is 5.32 Å². The van der Waals surface area contributed by atoms with Crippen molar-refractivity contribution in [3.63, 3.8) is 0 Å². The van der Waals surface area contributed by atoms with Crippen LogP contribution in [-0.2, 0) is 11.2 Å². The molecule has 98 valence electrons. The lowest BCUT2D eigenvalue weighted by Gasteiger charge is -2.28. The van der Waals surface area contributed by atoms with E-state index in [1.54, 1.807) is 0 Å². The van der Waals surface area contributed by atoms with Crippen LogP contribution in [0.3, 0.4) is 0 Å². The highest BCUT2D eigenvalue weighted by atomic mass is 79.9. The summed E-state index contributed by atoms with van der Waals surface area (Å²) in [5, 5.41) is 12.4. The summed E-state index contributed by atoms with van der Waals surface area (Å²) in [5.41, 5.74) is 0.527. The van der Waals surface area contributed by atoms with E-state index in [4.69, 9.17) is 0 Å². The highest BCUT2D eigenvalue weighted by Crippen LogP contribution is 2.39. The van der Waals surface area contributed by atoms with Gasteiger partial charge in [-0.1, -0.05) is 28.1 Å². The smallest absolute Gasteiger partial charge is 0.224 e. The van der Waals surface area contributed by atoms with E-state index in [1.807, 2.05) is 31.2 Å². The lowest BCUT2D eigenvalue weighted by molar-refractivity contribution is -0.123. The van der Waals surface area contributed by atoms with Gasteiger partial charge in [0, 0.05) is 4.47 Å². The van der Waals surface area contributed by atoms with Gasteiger partial charge in [0.1, 0.15) is 0 Å². The molecule has 1 fully saturated rings. The first kappa shape index (κ1) is 13.6. The van der Waals surface area contributed by atoms with E-state index in [9.17, 15) is 9.90 Å². The molecular formula is C14H18BrNO2. The molecule has 1 aromatic rings. The Labute approximate surface area is 116 Å². The number of carbonyl (C=O) groups is 1. The lowest BCUT2D eigenvalue weighted by Crippen LogP contribution is -2.51. The molecule has 0 spiro atoms. The summed E-state index contributed by atoms with van der Waals surface area (Å²) >= 11 is 3.37. The average Bonchev–Trinajstić information content (AvgIpc) is 3.16. The standard InChI is InChI=1S/C14H18BrNO2/c1-14(9-17,11-4-5-11)16-13(18)8-10-2-6-12(15)7-3-10/h2-3,6-7,11,17H,4-5,8-9H2,1H3,(H,16,18). The van der Waals surface area contributed by atoms with Crippen molar-refractivity contribution in [2.75, 3.05) is 6.61 Å². The Hall–Kier alpha value is -0.870. The molecule has 4 heteroatoms. The van der Waals surface area contributed by atoms with E-state index in [0.717, 1.165) is 22.9 Å². The summed E-state index contributed by atoms with van der Waals surface area (Å²) in [7, 11) is 0. The highest BCUT2D eigenvalue weighted by Gasteiger charge is 2.41. The Bertz CT molecular complexity index is 428. The minimum atomic E-state index is -0.452. The van der Waals surface area contributed by atoms with Gasteiger partial charge in [0.05, 0.1) is 18.6 Å². The van der Waals surface area contributed by atoms with E-state index in [0.29, 0.717) is 12.3 Å². The number of rotatable bonds is 5. The molecule has 0 saturated heterocycles. The molecule has 1 atom stereocenters. The molecule has 1 saturated carbocycles. The predicted octanol–water partition coefficient (Wildman–Crippen LogP) is 2.27. The normalized spacial score (nSPS) is 18.2. The van der Waals surface area contributed by atoms with E-state index >= 15 is 0 Å². The van der Waals surface area contributed by atoms with Gasteiger partial charge in [-0.15, -0.1) is 0 Å². The Morgan fingerprint density at radius 3 is 2.56 bits per heavy atom. The van der Waals surface area contributed by atoms with Crippen molar-refractivity contribution >= 4 is 21.8 Å². The maximum absolute atomic E-state index is 12.0. The SMILES string of the molecule is CC(CO)(NC(=O)Cc1ccc(Br)cc1)C1CC1. The third kappa shape index (κ3) is 3.33. The number of hydrogen-bond acceptors (Lipinski definition) is 2. The van der Waals surface area contributed by atoms with Gasteiger partial charge in [0.25, 0.3) is 0 Å². The third-order valence-corrected chi connectivity index (χ3v) is 4.04. The van der Waals surface area contributed by atoms with Crippen molar-refractivity contribution in [1.29, 1.82) is 0 Å². The van der Waals surface area contributed by atoms with Gasteiger partial charge >= 0.3 is 0 Å². The molecule has 1 aliphatic carbocycles. The lowest BCUT2D eigenvalue weighted by atomic mass is 9.96. The maximum Gasteiger partial charge on any atom is 0.224 e. The first-order valence-corrected chi connectivity index (χ1v) is 6.99. The maximum atomic E-state index is 12.0. The highest BCUT2D eigenvalue weighted by molar-refractivity contribution is 9.10. The zero-order valence-electron chi connectivity index (χ0n) is 10.4. The third-order valence-electron chi connectivity index (χ3n) is 3.51. The number of hydrogen-bond donors (Lipinski definition) is 2. The molecule has 0 bridgehead atoms. The van der Waals surface area contributed by atoms with E-state index in [-0.39, 0.29) is 12.5 Å². The van der Waals surface area contributed by atoms with Gasteiger partial charge in [0.2, 0.25) is 5.91 Å². The predicted molar refractivity (Wildman–Crippen MR) is 74.2 cm³/mol. The Morgan fingerprint density at radius 1 is 1.44 bits per heavy atom. The molecule has 18 heavy (non-hydrogen) atoms. The summed E-state index contributed by atoms with van der Waals surface area (Å²) in [5.74, 6) is 0.400. The van der Waals surface area contributed by atoms with Gasteiger partial charge in [-0.3, -0.25) is 4.79 Å².